The van der Waals surface area contributed by atoms with Gasteiger partial charge in [-0.2, -0.15) is 0 Å². The van der Waals surface area contributed by atoms with Crippen molar-refractivity contribution in [1.29, 1.82) is 0 Å². The Balaban J connectivity index is 2.09. The summed E-state index contributed by atoms with van der Waals surface area (Å²) in [7, 11) is 3.56. The Morgan fingerprint density at radius 1 is 1.20 bits per heavy atom. The average molecular weight is 272 g/mol. The Hall–Kier alpha value is -2.07. The molecule has 0 unspecified atom stereocenters. The maximum absolute atomic E-state index is 5.87. The lowest BCUT2D eigenvalue weighted by Gasteiger charge is -2.12. The predicted molar refractivity (Wildman–Crippen MR) is 79.1 cm³/mol. The third-order valence-electron chi connectivity index (χ3n) is 2.94. The number of aromatic nitrogens is 1. The monoisotopic (exact) mass is 272 g/mol. The normalized spacial score (nSPS) is 10.3. The summed E-state index contributed by atoms with van der Waals surface area (Å²) >= 11 is 0. The van der Waals surface area contributed by atoms with Crippen LogP contribution in [0.4, 0.5) is 0 Å². The lowest BCUT2D eigenvalue weighted by Crippen LogP contribution is -2.10. The van der Waals surface area contributed by atoms with E-state index in [1.807, 2.05) is 50.4 Å². The zero-order valence-corrected chi connectivity index (χ0v) is 12.1. The van der Waals surface area contributed by atoms with Crippen molar-refractivity contribution in [3.8, 4) is 11.5 Å². The lowest BCUT2D eigenvalue weighted by molar-refractivity contribution is 0.299. The molecule has 0 saturated heterocycles. The van der Waals surface area contributed by atoms with Crippen molar-refractivity contribution < 1.29 is 9.47 Å². The molecule has 2 rings (SSSR count). The molecule has 2 aromatic rings. The Morgan fingerprint density at radius 2 is 2.05 bits per heavy atom. The van der Waals surface area contributed by atoms with E-state index in [1.54, 1.807) is 7.11 Å². The van der Waals surface area contributed by atoms with E-state index >= 15 is 0 Å². The van der Waals surface area contributed by atoms with Gasteiger partial charge in [0.2, 0.25) is 0 Å². The van der Waals surface area contributed by atoms with Gasteiger partial charge in [-0.15, -0.1) is 0 Å². The summed E-state index contributed by atoms with van der Waals surface area (Å²) in [5.41, 5.74) is 2.99. The number of pyridine rings is 1. The first kappa shape index (κ1) is 14.3. The summed E-state index contributed by atoms with van der Waals surface area (Å²) in [5, 5.41) is 3.11. The molecule has 0 bridgehead atoms. The highest BCUT2D eigenvalue weighted by Crippen LogP contribution is 2.19. The molecule has 0 aliphatic carbocycles. The van der Waals surface area contributed by atoms with E-state index in [9.17, 15) is 0 Å². The number of nitrogens with one attached hydrogen (secondary N) is 1. The van der Waals surface area contributed by atoms with E-state index in [-0.39, 0.29) is 0 Å². The van der Waals surface area contributed by atoms with Gasteiger partial charge in [0.05, 0.1) is 12.8 Å². The standard InChI is InChI=1S/C16H20N2O2/c1-12-7-8-16(15(18-12)10-17-2)20-11-13-5-4-6-14(9-13)19-3/h4-9,17H,10-11H2,1-3H3. The number of aryl methyl sites for hydroxylation is 1. The number of hydrogen-bond donors (Lipinski definition) is 1. The molecule has 0 spiro atoms. The van der Waals surface area contributed by atoms with Gasteiger partial charge in [0, 0.05) is 12.2 Å². The zero-order valence-electron chi connectivity index (χ0n) is 12.1. The van der Waals surface area contributed by atoms with Crippen molar-refractivity contribution in [3.63, 3.8) is 0 Å². The van der Waals surface area contributed by atoms with Crippen LogP contribution < -0.4 is 14.8 Å². The number of rotatable bonds is 6. The summed E-state index contributed by atoms with van der Waals surface area (Å²) < 4.78 is 11.1. The fraction of sp³-hybridized carbons (Fsp3) is 0.312. The van der Waals surface area contributed by atoms with Gasteiger partial charge in [-0.1, -0.05) is 12.1 Å². The highest BCUT2D eigenvalue weighted by Gasteiger charge is 2.06. The topological polar surface area (TPSA) is 43.4 Å². The predicted octanol–water partition coefficient (Wildman–Crippen LogP) is 2.70. The van der Waals surface area contributed by atoms with E-state index in [1.165, 1.54) is 0 Å². The van der Waals surface area contributed by atoms with E-state index in [0.717, 1.165) is 28.5 Å². The van der Waals surface area contributed by atoms with Gasteiger partial charge in [0.1, 0.15) is 18.1 Å². The van der Waals surface area contributed by atoms with Gasteiger partial charge in [0.25, 0.3) is 0 Å². The number of hydrogen-bond acceptors (Lipinski definition) is 4. The maximum Gasteiger partial charge on any atom is 0.142 e. The molecule has 1 aromatic heterocycles. The van der Waals surface area contributed by atoms with Crippen LogP contribution in [0, 0.1) is 6.92 Å². The van der Waals surface area contributed by atoms with Crippen LogP contribution in [0.5, 0.6) is 11.5 Å². The molecule has 0 aliphatic heterocycles. The minimum absolute atomic E-state index is 0.499. The van der Waals surface area contributed by atoms with Gasteiger partial charge >= 0.3 is 0 Å². The summed E-state index contributed by atoms with van der Waals surface area (Å²) in [5.74, 6) is 1.65. The number of nitrogens with zero attached hydrogens (tertiary/aromatic N) is 1. The van der Waals surface area contributed by atoms with Crippen LogP contribution in [0.2, 0.25) is 0 Å². The summed E-state index contributed by atoms with van der Waals surface area (Å²) in [6.07, 6.45) is 0. The second-order valence-corrected chi connectivity index (χ2v) is 4.57. The fourth-order valence-corrected chi connectivity index (χ4v) is 1.95. The summed E-state index contributed by atoms with van der Waals surface area (Å²) in [4.78, 5) is 4.50. The lowest BCUT2D eigenvalue weighted by atomic mass is 10.2. The van der Waals surface area contributed by atoms with E-state index in [4.69, 9.17) is 9.47 Å². The minimum Gasteiger partial charge on any atom is -0.497 e. The molecule has 0 amide bonds. The first-order chi connectivity index (χ1) is 9.72. The molecular formula is C16H20N2O2. The van der Waals surface area contributed by atoms with E-state index < -0.39 is 0 Å². The van der Waals surface area contributed by atoms with Crippen molar-refractivity contribution in [1.82, 2.24) is 10.3 Å². The van der Waals surface area contributed by atoms with Crippen LogP contribution in [0.25, 0.3) is 0 Å². The second kappa shape index (κ2) is 6.91. The number of benzene rings is 1. The highest BCUT2D eigenvalue weighted by molar-refractivity contribution is 5.31. The van der Waals surface area contributed by atoms with Gasteiger partial charge in [-0.25, -0.2) is 0 Å². The van der Waals surface area contributed by atoms with Crippen molar-refractivity contribution in [2.75, 3.05) is 14.2 Å². The third kappa shape index (κ3) is 3.71. The summed E-state index contributed by atoms with van der Waals surface area (Å²) in [6, 6.07) is 11.8. The SMILES string of the molecule is CNCc1nc(C)ccc1OCc1cccc(OC)c1. The number of methoxy groups -OCH3 is 1. The van der Waals surface area contributed by atoms with Crippen molar-refractivity contribution in [2.24, 2.45) is 0 Å². The van der Waals surface area contributed by atoms with Gasteiger partial charge in [-0.3, -0.25) is 4.98 Å². The average Bonchev–Trinajstić information content (AvgIpc) is 2.47. The van der Waals surface area contributed by atoms with Gasteiger partial charge in [0.15, 0.2) is 0 Å². The molecular weight excluding hydrogens is 252 g/mol. The zero-order chi connectivity index (χ0) is 14.4. The molecule has 20 heavy (non-hydrogen) atoms. The molecule has 4 heteroatoms. The number of ether oxygens (including phenoxy) is 2. The Labute approximate surface area is 119 Å². The molecule has 106 valence electrons. The van der Waals surface area contributed by atoms with E-state index in [0.29, 0.717) is 13.2 Å². The first-order valence-corrected chi connectivity index (χ1v) is 6.60. The smallest absolute Gasteiger partial charge is 0.142 e. The Kier molecular flexibility index (Phi) is 4.96. The van der Waals surface area contributed by atoms with Crippen LogP contribution in [0.15, 0.2) is 36.4 Å². The van der Waals surface area contributed by atoms with Gasteiger partial charge < -0.3 is 14.8 Å². The minimum atomic E-state index is 0.499. The molecule has 1 heterocycles. The van der Waals surface area contributed by atoms with Gasteiger partial charge in [-0.05, 0) is 43.8 Å². The van der Waals surface area contributed by atoms with Crippen LogP contribution >= 0.6 is 0 Å². The van der Waals surface area contributed by atoms with Crippen LogP contribution in [0.3, 0.4) is 0 Å². The molecule has 1 aromatic carbocycles. The van der Waals surface area contributed by atoms with Crippen LogP contribution in [-0.2, 0) is 13.2 Å². The molecule has 0 saturated carbocycles. The molecule has 0 atom stereocenters. The van der Waals surface area contributed by atoms with Crippen molar-refractivity contribution in [3.05, 3.63) is 53.3 Å². The van der Waals surface area contributed by atoms with Crippen LogP contribution in [0.1, 0.15) is 17.0 Å². The van der Waals surface area contributed by atoms with Crippen molar-refractivity contribution in [2.45, 2.75) is 20.1 Å². The molecule has 1 N–H and O–H groups in total. The maximum atomic E-state index is 5.87. The first-order valence-electron chi connectivity index (χ1n) is 6.60. The largest absolute Gasteiger partial charge is 0.497 e. The molecule has 0 fully saturated rings. The Morgan fingerprint density at radius 3 is 2.80 bits per heavy atom. The third-order valence-corrected chi connectivity index (χ3v) is 2.94. The fourth-order valence-electron chi connectivity index (χ4n) is 1.95. The molecule has 4 nitrogen and oxygen atoms in total. The van der Waals surface area contributed by atoms with Crippen molar-refractivity contribution >= 4 is 0 Å². The highest BCUT2D eigenvalue weighted by atomic mass is 16.5. The summed E-state index contributed by atoms with van der Waals surface area (Å²) in [6.45, 7) is 3.17. The quantitative estimate of drug-likeness (QED) is 0.878. The van der Waals surface area contributed by atoms with Crippen LogP contribution in [-0.4, -0.2) is 19.1 Å². The molecule has 0 aliphatic rings. The second-order valence-electron chi connectivity index (χ2n) is 4.57. The molecule has 0 radical (unpaired) electrons. The Bertz CT molecular complexity index is 570. The van der Waals surface area contributed by atoms with E-state index in [2.05, 4.69) is 10.3 Å².